The summed E-state index contributed by atoms with van der Waals surface area (Å²) in [5, 5.41) is 0.154. The third kappa shape index (κ3) is 5.72. The Hall–Kier alpha value is -0.636. The summed E-state index contributed by atoms with van der Waals surface area (Å²) in [7, 11) is -1.91. The van der Waals surface area contributed by atoms with E-state index < -0.39 is 8.32 Å². The topological polar surface area (TPSA) is 22.1 Å². The van der Waals surface area contributed by atoms with Crippen LogP contribution in [0.5, 0.6) is 0 Å². The maximum atomic E-state index is 6.58. The summed E-state index contributed by atoms with van der Waals surface area (Å²) in [6.07, 6.45) is 1.82. The van der Waals surface area contributed by atoms with Gasteiger partial charge in [0.2, 0.25) is 0 Å². The average molecular weight is 352 g/mol. The number of pyridine rings is 1. The van der Waals surface area contributed by atoms with Crippen LogP contribution in [0, 0.1) is 12.4 Å². The van der Waals surface area contributed by atoms with Gasteiger partial charge < -0.3 is 4.43 Å². The molecule has 1 heterocycles. The third-order valence-corrected chi connectivity index (χ3v) is 9.72. The fourth-order valence-corrected chi connectivity index (χ4v) is 4.08. The summed E-state index contributed by atoms with van der Waals surface area (Å²) in [4.78, 5) is 5.67. The van der Waals surface area contributed by atoms with Crippen molar-refractivity contribution in [1.82, 2.24) is 4.98 Å². The van der Waals surface area contributed by atoms with Gasteiger partial charge in [-0.05, 0) is 47.5 Å². The van der Waals surface area contributed by atoms with Gasteiger partial charge >= 0.3 is 18.9 Å². The Balaban J connectivity index is 0.00000288. The van der Waals surface area contributed by atoms with Crippen LogP contribution in [-0.2, 0) is 4.43 Å². The summed E-state index contributed by atoms with van der Waals surface area (Å²) in [6.45, 7) is 13.4. The van der Waals surface area contributed by atoms with Crippen molar-refractivity contribution in [3.05, 3.63) is 65.4 Å². The molecule has 0 aliphatic heterocycles. The maximum absolute atomic E-state index is 6.58. The quantitative estimate of drug-likeness (QED) is 0.470. The molecule has 0 aliphatic carbocycles. The maximum Gasteiger partial charge on any atom is 1.00 e. The fraction of sp³-hybridized carbons (Fsp3) is 0.368. The number of aryl methyl sites for hydroxylation is 1. The number of nitrogens with zero attached hydrogens (tertiary/aromatic N) is 1. The Morgan fingerprint density at radius 1 is 1.04 bits per heavy atom. The Morgan fingerprint density at radius 2 is 1.67 bits per heavy atom. The number of hydrogen-bond donors (Lipinski definition) is 0. The molecule has 1 aromatic heterocycles. The second-order valence-electron chi connectivity index (χ2n) is 7.28. The molecule has 0 amide bonds. The van der Waals surface area contributed by atoms with Gasteiger partial charge in [0.15, 0.2) is 8.32 Å². The number of thioether (sulfide) groups is 1. The molecule has 2 nitrogen and oxygen atoms in total. The van der Waals surface area contributed by atoms with E-state index in [9.17, 15) is 0 Å². The number of hydrogen-bond acceptors (Lipinski definition) is 3. The second kappa shape index (κ2) is 8.64. The van der Waals surface area contributed by atoms with Crippen LogP contribution in [-0.4, -0.2) is 13.3 Å². The van der Waals surface area contributed by atoms with E-state index in [0.717, 1.165) is 11.1 Å². The van der Waals surface area contributed by atoms with Gasteiger partial charge in [-0.25, -0.2) is 0 Å². The van der Waals surface area contributed by atoms with Gasteiger partial charge in [0.05, 0.1) is 0 Å². The standard InChI is InChI=1S/C19H26NOSSi.Li/c1-15-10-12-16(13-11-15)22-18(17-9-7-8-14-20-17)21-23(5,6)19(2,3)4;/h7-14H,1-6H3;/q-1;+1. The van der Waals surface area contributed by atoms with E-state index >= 15 is 0 Å². The molecule has 0 aliphatic rings. The van der Waals surface area contributed by atoms with Crippen molar-refractivity contribution < 1.29 is 23.3 Å². The molecular weight excluding hydrogens is 325 g/mol. The summed E-state index contributed by atoms with van der Waals surface area (Å²) >= 11 is 1.66. The molecule has 2 aromatic rings. The number of aromatic nitrogens is 1. The molecule has 0 fully saturated rings. The first kappa shape index (κ1) is 21.4. The zero-order valence-corrected chi connectivity index (χ0v) is 17.7. The Labute approximate surface area is 164 Å². The van der Waals surface area contributed by atoms with Crippen molar-refractivity contribution in [2.24, 2.45) is 0 Å². The van der Waals surface area contributed by atoms with Gasteiger partial charge in [-0.2, -0.15) is 17.8 Å². The smallest absolute Gasteiger partial charge is 0.466 e. The van der Waals surface area contributed by atoms with Gasteiger partial charge in [-0.15, -0.1) is 6.07 Å². The molecule has 0 bridgehead atoms. The minimum atomic E-state index is -1.91. The molecule has 0 spiro atoms. The van der Waals surface area contributed by atoms with E-state index in [-0.39, 0.29) is 23.9 Å². The van der Waals surface area contributed by atoms with Crippen molar-refractivity contribution in [2.75, 3.05) is 0 Å². The molecule has 2 rings (SSSR count). The van der Waals surface area contributed by atoms with E-state index in [1.807, 2.05) is 24.4 Å². The van der Waals surface area contributed by atoms with E-state index in [4.69, 9.17) is 4.43 Å². The fourth-order valence-electron chi connectivity index (χ4n) is 1.71. The average Bonchev–Trinajstić information content (AvgIpc) is 2.48. The van der Waals surface area contributed by atoms with E-state index in [2.05, 4.69) is 70.0 Å². The molecular formula is C19H26LiNOSSi. The molecule has 0 unspecified atom stereocenters. The van der Waals surface area contributed by atoms with Crippen LogP contribution in [0.1, 0.15) is 32.0 Å². The first-order valence-electron chi connectivity index (χ1n) is 7.91. The van der Waals surface area contributed by atoms with Gasteiger partial charge in [-0.3, -0.25) is 4.98 Å². The molecule has 5 heteroatoms. The van der Waals surface area contributed by atoms with Gasteiger partial charge in [0.25, 0.3) is 0 Å². The first-order chi connectivity index (χ1) is 10.7. The summed E-state index contributed by atoms with van der Waals surface area (Å²) in [6, 6.07) is 14.5. The second-order valence-corrected chi connectivity index (χ2v) is 13.1. The predicted molar refractivity (Wildman–Crippen MR) is 102 cm³/mol. The van der Waals surface area contributed by atoms with Crippen LogP contribution in [0.3, 0.4) is 0 Å². The monoisotopic (exact) mass is 351 g/mol. The Kier molecular flexibility index (Phi) is 7.71. The van der Waals surface area contributed by atoms with Crippen LogP contribution in [0.2, 0.25) is 18.1 Å². The SMILES string of the molecule is Cc1ccc(S[C-](O[Si](C)(C)C(C)(C)C)c2ccccn2)cc1.[Li+]. The van der Waals surface area contributed by atoms with Gasteiger partial charge in [0, 0.05) is 6.20 Å². The van der Waals surface area contributed by atoms with Gasteiger partial charge in [-0.1, -0.05) is 50.2 Å². The largest absolute Gasteiger partial charge is 1.00 e. The van der Waals surface area contributed by atoms with Crippen molar-refractivity contribution in [1.29, 1.82) is 0 Å². The van der Waals surface area contributed by atoms with E-state index in [0.29, 0.717) is 0 Å². The van der Waals surface area contributed by atoms with Crippen LogP contribution in [0.4, 0.5) is 0 Å². The molecule has 124 valence electrons. The minimum Gasteiger partial charge on any atom is -0.466 e. The van der Waals surface area contributed by atoms with E-state index in [1.165, 1.54) is 10.5 Å². The zero-order valence-electron chi connectivity index (χ0n) is 15.9. The van der Waals surface area contributed by atoms with Crippen molar-refractivity contribution >= 4 is 20.1 Å². The summed E-state index contributed by atoms with van der Waals surface area (Å²) in [5.41, 5.74) is 3.07. The summed E-state index contributed by atoms with van der Waals surface area (Å²) < 4.78 is 6.58. The van der Waals surface area contributed by atoms with Gasteiger partial charge in [0.1, 0.15) is 0 Å². The molecule has 0 atom stereocenters. The molecule has 24 heavy (non-hydrogen) atoms. The van der Waals surface area contributed by atoms with E-state index in [1.54, 1.807) is 11.8 Å². The van der Waals surface area contributed by atoms with Crippen molar-refractivity contribution in [3.63, 3.8) is 0 Å². The van der Waals surface area contributed by atoms with Crippen LogP contribution >= 0.6 is 11.8 Å². The van der Waals surface area contributed by atoms with Crippen molar-refractivity contribution in [3.8, 4) is 0 Å². The van der Waals surface area contributed by atoms with Crippen LogP contribution in [0.25, 0.3) is 0 Å². The third-order valence-electron chi connectivity index (χ3n) is 4.26. The molecule has 0 N–H and O–H groups in total. The molecule has 0 saturated carbocycles. The minimum absolute atomic E-state index is 0. The number of rotatable bonds is 5. The molecule has 1 aromatic carbocycles. The summed E-state index contributed by atoms with van der Waals surface area (Å²) in [5.74, 6) is 0. The first-order valence-corrected chi connectivity index (χ1v) is 11.6. The predicted octanol–water partition coefficient (Wildman–Crippen LogP) is 3.05. The zero-order chi connectivity index (χ0) is 17.1. The number of benzene rings is 1. The van der Waals surface area contributed by atoms with Crippen LogP contribution in [0.15, 0.2) is 53.6 Å². The van der Waals surface area contributed by atoms with Crippen LogP contribution < -0.4 is 18.9 Å². The Bertz CT molecular complexity index is 626. The normalized spacial score (nSPS) is 11.8. The molecule has 0 radical (unpaired) electrons. The Morgan fingerprint density at radius 3 is 2.17 bits per heavy atom. The molecule has 0 saturated heterocycles. The van der Waals surface area contributed by atoms with Crippen molar-refractivity contribution in [2.45, 2.75) is 50.7 Å².